The second-order valence-electron chi connectivity index (χ2n) is 4.61. The highest BCUT2D eigenvalue weighted by atomic mass is 35.5. The predicted molar refractivity (Wildman–Crippen MR) is 82.0 cm³/mol. The van der Waals surface area contributed by atoms with E-state index in [1.807, 2.05) is 53.1 Å². The summed E-state index contributed by atoms with van der Waals surface area (Å²) in [6.45, 7) is 0.546. The number of fused-ring (bicyclic) bond motifs is 1. The highest BCUT2D eigenvalue weighted by Crippen LogP contribution is 2.27. The lowest BCUT2D eigenvalue weighted by atomic mass is 10.2. The fraction of sp³-hybridized carbons (Fsp3) is 0.188. The number of benzene rings is 1. The van der Waals surface area contributed by atoms with Gasteiger partial charge in [-0.25, -0.2) is 0 Å². The second-order valence-corrected chi connectivity index (χ2v) is 4.88. The van der Waals surface area contributed by atoms with Gasteiger partial charge in [-0.15, -0.1) is 11.6 Å². The molecule has 1 aromatic carbocycles. The summed E-state index contributed by atoms with van der Waals surface area (Å²) in [7, 11) is 1.67. The van der Waals surface area contributed by atoms with Crippen molar-refractivity contribution in [2.45, 2.75) is 12.5 Å². The van der Waals surface area contributed by atoms with Crippen LogP contribution in [0.3, 0.4) is 0 Å². The number of imidazole rings is 1. The van der Waals surface area contributed by atoms with Crippen molar-refractivity contribution in [3.8, 4) is 11.6 Å². The minimum atomic E-state index is 0.332. The van der Waals surface area contributed by atoms with Crippen LogP contribution in [-0.2, 0) is 17.2 Å². The number of alkyl halides is 1. The molecule has 21 heavy (non-hydrogen) atoms. The lowest BCUT2D eigenvalue weighted by molar-refractivity contribution is 0.184. The maximum absolute atomic E-state index is 6.04. The SMILES string of the molecule is COCc1cccc(Oc2nc3ccccn3c2CCl)c1. The first kappa shape index (κ1) is 13.9. The number of nitrogens with zero attached hydrogens (tertiary/aromatic N) is 2. The quantitative estimate of drug-likeness (QED) is 0.668. The van der Waals surface area contributed by atoms with Crippen molar-refractivity contribution >= 4 is 17.2 Å². The van der Waals surface area contributed by atoms with E-state index < -0.39 is 0 Å². The molecule has 0 saturated carbocycles. The Morgan fingerprint density at radius 3 is 2.90 bits per heavy atom. The van der Waals surface area contributed by atoms with Gasteiger partial charge in [-0.05, 0) is 29.8 Å². The number of ether oxygens (including phenoxy) is 2. The van der Waals surface area contributed by atoms with Crippen LogP contribution in [0.15, 0.2) is 48.7 Å². The third-order valence-corrected chi connectivity index (χ3v) is 3.40. The molecule has 2 heterocycles. The van der Waals surface area contributed by atoms with Crippen LogP contribution in [0.25, 0.3) is 5.65 Å². The number of aromatic nitrogens is 2. The molecule has 0 aliphatic heterocycles. The maximum Gasteiger partial charge on any atom is 0.242 e. The van der Waals surface area contributed by atoms with Crippen LogP contribution in [0.1, 0.15) is 11.3 Å². The predicted octanol–water partition coefficient (Wildman–Crippen LogP) is 4.01. The second kappa shape index (κ2) is 6.16. The Kier molecular flexibility index (Phi) is 4.08. The molecule has 0 saturated heterocycles. The van der Waals surface area contributed by atoms with Gasteiger partial charge in [0.15, 0.2) is 0 Å². The normalized spacial score (nSPS) is 11.0. The molecule has 3 aromatic rings. The van der Waals surface area contributed by atoms with E-state index in [-0.39, 0.29) is 0 Å². The van der Waals surface area contributed by atoms with Gasteiger partial charge >= 0.3 is 0 Å². The summed E-state index contributed by atoms with van der Waals surface area (Å²) in [5.41, 5.74) is 2.70. The third-order valence-electron chi connectivity index (χ3n) is 3.14. The molecule has 0 N–H and O–H groups in total. The number of pyridine rings is 1. The fourth-order valence-electron chi connectivity index (χ4n) is 2.21. The molecule has 0 amide bonds. The molecule has 108 valence electrons. The Balaban J connectivity index is 1.96. The zero-order valence-corrected chi connectivity index (χ0v) is 12.4. The average Bonchev–Trinajstić information content (AvgIpc) is 2.85. The van der Waals surface area contributed by atoms with Crippen LogP contribution in [-0.4, -0.2) is 16.5 Å². The first-order valence-electron chi connectivity index (χ1n) is 6.59. The Morgan fingerprint density at radius 2 is 2.10 bits per heavy atom. The van der Waals surface area contributed by atoms with Gasteiger partial charge in [0, 0.05) is 13.3 Å². The molecule has 0 unspecified atom stereocenters. The van der Waals surface area contributed by atoms with Gasteiger partial charge in [0.2, 0.25) is 5.88 Å². The van der Waals surface area contributed by atoms with Gasteiger partial charge in [0.25, 0.3) is 0 Å². The number of halogens is 1. The van der Waals surface area contributed by atoms with Crippen molar-refractivity contribution in [3.63, 3.8) is 0 Å². The van der Waals surface area contributed by atoms with E-state index in [0.717, 1.165) is 22.7 Å². The van der Waals surface area contributed by atoms with Gasteiger partial charge in [-0.2, -0.15) is 4.98 Å². The van der Waals surface area contributed by atoms with Crippen molar-refractivity contribution in [1.82, 2.24) is 9.38 Å². The Hall–Kier alpha value is -2.04. The molecule has 0 fully saturated rings. The van der Waals surface area contributed by atoms with Crippen molar-refractivity contribution in [2.24, 2.45) is 0 Å². The molecule has 0 bridgehead atoms. The van der Waals surface area contributed by atoms with E-state index in [2.05, 4.69) is 4.98 Å². The van der Waals surface area contributed by atoms with Crippen LogP contribution in [0.5, 0.6) is 11.6 Å². The van der Waals surface area contributed by atoms with Gasteiger partial charge in [-0.3, -0.25) is 4.40 Å². The van der Waals surface area contributed by atoms with Crippen molar-refractivity contribution in [2.75, 3.05) is 7.11 Å². The summed E-state index contributed by atoms with van der Waals surface area (Å²) in [5.74, 6) is 1.59. The van der Waals surface area contributed by atoms with Crippen LogP contribution < -0.4 is 4.74 Å². The highest BCUT2D eigenvalue weighted by Gasteiger charge is 2.13. The molecule has 3 rings (SSSR count). The lowest BCUT2D eigenvalue weighted by Gasteiger charge is -2.06. The number of methoxy groups -OCH3 is 1. The van der Waals surface area contributed by atoms with Gasteiger partial charge < -0.3 is 9.47 Å². The molecular formula is C16H15ClN2O2. The summed E-state index contributed by atoms with van der Waals surface area (Å²) >= 11 is 6.04. The molecule has 0 spiro atoms. The summed E-state index contributed by atoms with van der Waals surface area (Å²) in [6.07, 6.45) is 1.92. The first-order valence-corrected chi connectivity index (χ1v) is 7.13. The zero-order valence-electron chi connectivity index (χ0n) is 11.6. The number of hydrogen-bond acceptors (Lipinski definition) is 3. The van der Waals surface area contributed by atoms with Crippen molar-refractivity contribution < 1.29 is 9.47 Å². The standard InChI is InChI=1S/C16H15ClN2O2/c1-20-11-12-5-4-6-13(9-12)21-16-14(10-17)19-8-3-2-7-15(19)18-16/h2-9H,10-11H2,1H3. The third kappa shape index (κ3) is 2.86. The molecular weight excluding hydrogens is 288 g/mol. The van der Waals surface area contributed by atoms with Crippen molar-refractivity contribution in [3.05, 3.63) is 59.9 Å². The Bertz CT molecular complexity index is 755. The van der Waals surface area contributed by atoms with E-state index in [4.69, 9.17) is 21.1 Å². The minimum Gasteiger partial charge on any atom is -0.437 e. The van der Waals surface area contributed by atoms with E-state index in [1.54, 1.807) is 7.11 Å². The summed E-state index contributed by atoms with van der Waals surface area (Å²) in [4.78, 5) is 4.48. The average molecular weight is 303 g/mol. The van der Waals surface area contributed by atoms with E-state index in [1.165, 1.54) is 0 Å². The van der Waals surface area contributed by atoms with Crippen LogP contribution in [0.4, 0.5) is 0 Å². The zero-order chi connectivity index (χ0) is 14.7. The fourth-order valence-corrected chi connectivity index (χ4v) is 2.45. The Labute approximate surface area is 127 Å². The molecule has 2 aromatic heterocycles. The molecule has 0 aliphatic rings. The minimum absolute atomic E-state index is 0.332. The van der Waals surface area contributed by atoms with Gasteiger partial charge in [-0.1, -0.05) is 18.2 Å². The lowest BCUT2D eigenvalue weighted by Crippen LogP contribution is -1.93. The maximum atomic E-state index is 6.04. The monoisotopic (exact) mass is 302 g/mol. The summed E-state index contributed by atoms with van der Waals surface area (Å²) in [6, 6.07) is 13.5. The van der Waals surface area contributed by atoms with E-state index in [9.17, 15) is 0 Å². The van der Waals surface area contributed by atoms with Crippen molar-refractivity contribution in [1.29, 1.82) is 0 Å². The molecule has 5 heteroatoms. The number of hydrogen-bond donors (Lipinski definition) is 0. The van der Waals surface area contributed by atoms with E-state index >= 15 is 0 Å². The summed E-state index contributed by atoms with van der Waals surface area (Å²) < 4.78 is 13.0. The Morgan fingerprint density at radius 1 is 1.19 bits per heavy atom. The van der Waals surface area contributed by atoms with Gasteiger partial charge in [0.1, 0.15) is 17.1 Å². The van der Waals surface area contributed by atoms with Crippen LogP contribution in [0, 0.1) is 0 Å². The molecule has 0 atom stereocenters. The molecule has 4 nitrogen and oxygen atoms in total. The number of rotatable bonds is 5. The van der Waals surface area contributed by atoms with Crippen LogP contribution >= 0.6 is 11.6 Å². The van der Waals surface area contributed by atoms with E-state index in [0.29, 0.717) is 18.4 Å². The smallest absolute Gasteiger partial charge is 0.242 e. The molecule has 0 aliphatic carbocycles. The van der Waals surface area contributed by atoms with Gasteiger partial charge in [0.05, 0.1) is 12.5 Å². The highest BCUT2D eigenvalue weighted by molar-refractivity contribution is 6.17. The first-order chi connectivity index (χ1) is 10.3. The molecule has 0 radical (unpaired) electrons. The topological polar surface area (TPSA) is 35.8 Å². The largest absolute Gasteiger partial charge is 0.437 e. The van der Waals surface area contributed by atoms with Crippen LogP contribution in [0.2, 0.25) is 0 Å². The summed E-state index contributed by atoms with van der Waals surface area (Å²) in [5, 5.41) is 0.